The first kappa shape index (κ1) is 23.9. The van der Waals surface area contributed by atoms with Crippen LogP contribution in [-0.4, -0.2) is 64.9 Å². The van der Waals surface area contributed by atoms with E-state index in [4.69, 9.17) is 9.47 Å². The number of methoxy groups -OCH3 is 1. The third kappa shape index (κ3) is 11.2. The standard InChI is InChI=1S/C18H32N4O2.HI/c1-15(14-23-5)21-18(19-2)20-13-16-7-9-17(10-8-16)24-12-6-11-22(3)4;/h7-10,15H,6,11-14H2,1-5H3,(H2,19,20,21);1H. The van der Waals surface area contributed by atoms with Crippen molar-refractivity contribution in [3.8, 4) is 5.75 Å². The molecule has 0 saturated heterocycles. The predicted octanol–water partition coefficient (Wildman–Crippen LogP) is 2.34. The van der Waals surface area contributed by atoms with E-state index < -0.39 is 0 Å². The number of hydrogen-bond donors (Lipinski definition) is 2. The summed E-state index contributed by atoms with van der Waals surface area (Å²) in [6.07, 6.45) is 1.03. The molecule has 1 aromatic rings. The fourth-order valence-corrected chi connectivity index (χ4v) is 2.18. The van der Waals surface area contributed by atoms with Crippen molar-refractivity contribution >= 4 is 29.9 Å². The van der Waals surface area contributed by atoms with Gasteiger partial charge in [0.1, 0.15) is 5.75 Å². The zero-order valence-electron chi connectivity index (χ0n) is 16.0. The summed E-state index contributed by atoms with van der Waals surface area (Å²) in [4.78, 5) is 6.38. The fraction of sp³-hybridized carbons (Fsp3) is 0.611. The Morgan fingerprint density at radius 3 is 2.48 bits per heavy atom. The first-order valence-electron chi connectivity index (χ1n) is 8.37. The second kappa shape index (κ2) is 14.1. The predicted molar refractivity (Wildman–Crippen MR) is 115 cm³/mol. The SMILES string of the molecule is CN=C(NCc1ccc(OCCCN(C)C)cc1)NC(C)COC.I. The molecule has 0 saturated carbocycles. The van der Waals surface area contributed by atoms with Crippen molar-refractivity contribution < 1.29 is 9.47 Å². The Kier molecular flexibility index (Phi) is 13.5. The second-order valence-corrected chi connectivity index (χ2v) is 6.08. The highest BCUT2D eigenvalue weighted by Crippen LogP contribution is 2.12. The number of nitrogens with zero attached hydrogens (tertiary/aromatic N) is 2. The number of ether oxygens (including phenoxy) is 2. The Labute approximate surface area is 169 Å². The van der Waals surface area contributed by atoms with Crippen molar-refractivity contribution in [3.05, 3.63) is 29.8 Å². The van der Waals surface area contributed by atoms with Crippen molar-refractivity contribution in [1.82, 2.24) is 15.5 Å². The summed E-state index contributed by atoms with van der Waals surface area (Å²) in [7, 11) is 7.60. The number of rotatable bonds is 10. The van der Waals surface area contributed by atoms with E-state index in [9.17, 15) is 0 Å². The Bertz CT molecular complexity index is 480. The quantitative estimate of drug-likeness (QED) is 0.241. The lowest BCUT2D eigenvalue weighted by atomic mass is 10.2. The smallest absolute Gasteiger partial charge is 0.191 e. The van der Waals surface area contributed by atoms with Gasteiger partial charge in [0.25, 0.3) is 0 Å². The van der Waals surface area contributed by atoms with Crippen LogP contribution in [0.1, 0.15) is 18.9 Å². The van der Waals surface area contributed by atoms with Gasteiger partial charge in [0.05, 0.1) is 13.2 Å². The Morgan fingerprint density at radius 1 is 1.24 bits per heavy atom. The Morgan fingerprint density at radius 2 is 1.92 bits per heavy atom. The molecule has 1 aromatic carbocycles. The van der Waals surface area contributed by atoms with E-state index in [1.165, 1.54) is 5.56 Å². The highest BCUT2D eigenvalue weighted by molar-refractivity contribution is 14.0. The lowest BCUT2D eigenvalue weighted by molar-refractivity contribution is 0.179. The van der Waals surface area contributed by atoms with Gasteiger partial charge < -0.3 is 25.0 Å². The van der Waals surface area contributed by atoms with E-state index in [0.717, 1.165) is 31.3 Å². The Hall–Kier alpha value is -1.06. The highest BCUT2D eigenvalue weighted by Gasteiger charge is 2.04. The molecule has 1 atom stereocenters. The molecule has 0 amide bonds. The van der Waals surface area contributed by atoms with Gasteiger partial charge in [-0.25, -0.2) is 0 Å². The molecule has 7 heteroatoms. The molecule has 0 aliphatic heterocycles. The third-order valence-corrected chi connectivity index (χ3v) is 3.43. The van der Waals surface area contributed by atoms with Crippen molar-refractivity contribution in [2.75, 3.05) is 48.0 Å². The van der Waals surface area contributed by atoms with Gasteiger partial charge in [-0.1, -0.05) is 12.1 Å². The van der Waals surface area contributed by atoms with Crippen LogP contribution in [0.25, 0.3) is 0 Å². The molecule has 1 unspecified atom stereocenters. The van der Waals surface area contributed by atoms with Gasteiger partial charge in [0.15, 0.2) is 5.96 Å². The lowest BCUT2D eigenvalue weighted by Crippen LogP contribution is -2.43. The molecule has 0 spiro atoms. The zero-order valence-corrected chi connectivity index (χ0v) is 18.4. The summed E-state index contributed by atoms with van der Waals surface area (Å²) in [5.74, 6) is 1.68. The normalized spacial score (nSPS) is 12.5. The van der Waals surface area contributed by atoms with Crippen LogP contribution < -0.4 is 15.4 Å². The summed E-state index contributed by atoms with van der Waals surface area (Å²) in [6.45, 7) is 5.18. The molecular weight excluding hydrogens is 431 g/mol. The molecule has 0 bridgehead atoms. The maximum absolute atomic E-state index is 5.74. The summed E-state index contributed by atoms with van der Waals surface area (Å²) in [5.41, 5.74) is 1.18. The number of halogens is 1. The lowest BCUT2D eigenvalue weighted by Gasteiger charge is -2.17. The average molecular weight is 464 g/mol. The van der Waals surface area contributed by atoms with E-state index >= 15 is 0 Å². The van der Waals surface area contributed by atoms with Gasteiger partial charge in [-0.2, -0.15) is 0 Å². The summed E-state index contributed by atoms with van der Waals surface area (Å²) in [5, 5.41) is 6.57. The van der Waals surface area contributed by atoms with Gasteiger partial charge >= 0.3 is 0 Å². The van der Waals surface area contributed by atoms with Crippen LogP contribution in [0.15, 0.2) is 29.3 Å². The first-order valence-corrected chi connectivity index (χ1v) is 8.37. The molecule has 1 rings (SSSR count). The van der Waals surface area contributed by atoms with Crippen molar-refractivity contribution in [2.24, 2.45) is 4.99 Å². The van der Waals surface area contributed by atoms with Crippen LogP contribution in [0.2, 0.25) is 0 Å². The van der Waals surface area contributed by atoms with E-state index in [1.807, 2.05) is 12.1 Å². The van der Waals surface area contributed by atoms with Crippen LogP contribution >= 0.6 is 24.0 Å². The van der Waals surface area contributed by atoms with E-state index in [1.54, 1.807) is 14.2 Å². The van der Waals surface area contributed by atoms with Crippen LogP contribution in [0, 0.1) is 0 Å². The molecule has 25 heavy (non-hydrogen) atoms. The van der Waals surface area contributed by atoms with Gasteiger partial charge in [0.2, 0.25) is 0 Å². The molecule has 0 aliphatic carbocycles. The topological polar surface area (TPSA) is 58.1 Å². The number of guanidine groups is 1. The van der Waals surface area contributed by atoms with Gasteiger partial charge in [-0.3, -0.25) is 4.99 Å². The third-order valence-electron chi connectivity index (χ3n) is 3.43. The van der Waals surface area contributed by atoms with E-state index in [2.05, 4.69) is 53.7 Å². The minimum atomic E-state index is 0. The monoisotopic (exact) mass is 464 g/mol. The maximum atomic E-state index is 5.74. The largest absolute Gasteiger partial charge is 0.494 e. The van der Waals surface area contributed by atoms with Crippen LogP contribution in [0.5, 0.6) is 5.75 Å². The molecule has 0 heterocycles. The van der Waals surface area contributed by atoms with Gasteiger partial charge in [0, 0.05) is 33.3 Å². The van der Waals surface area contributed by atoms with Gasteiger partial charge in [-0.15, -0.1) is 24.0 Å². The number of aliphatic imine (C=N–C) groups is 1. The molecule has 6 nitrogen and oxygen atoms in total. The van der Waals surface area contributed by atoms with Crippen LogP contribution in [-0.2, 0) is 11.3 Å². The average Bonchev–Trinajstić information content (AvgIpc) is 2.56. The molecule has 0 aromatic heterocycles. The summed E-state index contributed by atoms with van der Waals surface area (Å²) in [6, 6.07) is 8.37. The minimum Gasteiger partial charge on any atom is -0.494 e. The van der Waals surface area contributed by atoms with E-state index in [0.29, 0.717) is 13.2 Å². The zero-order chi connectivity index (χ0) is 17.8. The first-order chi connectivity index (χ1) is 11.5. The fourth-order valence-electron chi connectivity index (χ4n) is 2.18. The van der Waals surface area contributed by atoms with Crippen molar-refractivity contribution in [1.29, 1.82) is 0 Å². The molecule has 144 valence electrons. The second-order valence-electron chi connectivity index (χ2n) is 6.08. The maximum Gasteiger partial charge on any atom is 0.191 e. The summed E-state index contributed by atoms with van der Waals surface area (Å²) >= 11 is 0. The molecule has 0 fully saturated rings. The summed E-state index contributed by atoms with van der Waals surface area (Å²) < 4.78 is 10.9. The minimum absolute atomic E-state index is 0. The molecular formula is C18H33IN4O2. The molecule has 0 radical (unpaired) electrons. The highest BCUT2D eigenvalue weighted by atomic mass is 127. The van der Waals surface area contributed by atoms with Crippen molar-refractivity contribution in [3.63, 3.8) is 0 Å². The van der Waals surface area contributed by atoms with Gasteiger partial charge in [-0.05, 0) is 45.1 Å². The van der Waals surface area contributed by atoms with Crippen LogP contribution in [0.4, 0.5) is 0 Å². The number of hydrogen-bond acceptors (Lipinski definition) is 4. The number of benzene rings is 1. The Balaban J connectivity index is 0.00000576. The molecule has 0 aliphatic rings. The van der Waals surface area contributed by atoms with E-state index in [-0.39, 0.29) is 30.0 Å². The van der Waals surface area contributed by atoms with Crippen molar-refractivity contribution in [2.45, 2.75) is 25.9 Å². The van der Waals surface area contributed by atoms with Crippen LogP contribution in [0.3, 0.4) is 0 Å². The number of nitrogens with one attached hydrogen (secondary N) is 2. The molecule has 2 N–H and O–H groups in total.